The highest BCUT2D eigenvalue weighted by molar-refractivity contribution is 9.10. The summed E-state index contributed by atoms with van der Waals surface area (Å²) < 4.78 is 1.08. The molecular formula is C16H20BrN3. The Hall–Kier alpha value is -1.26. The summed E-state index contributed by atoms with van der Waals surface area (Å²) in [7, 11) is 1.96. The normalized spacial score (nSPS) is 10.8. The molecule has 0 atom stereocenters. The molecule has 20 heavy (non-hydrogen) atoms. The lowest BCUT2D eigenvalue weighted by atomic mass is 10.1. The lowest BCUT2D eigenvalue weighted by molar-refractivity contribution is 0.774. The van der Waals surface area contributed by atoms with Crippen molar-refractivity contribution < 1.29 is 0 Å². The molecule has 0 saturated heterocycles. The maximum atomic E-state index is 4.69. The topological polar surface area (TPSA) is 37.8 Å². The van der Waals surface area contributed by atoms with Gasteiger partial charge in [-0.05, 0) is 70.1 Å². The fourth-order valence-electron chi connectivity index (χ4n) is 2.35. The first-order valence-corrected chi connectivity index (χ1v) is 7.57. The number of nitrogens with zero attached hydrogens (tertiary/aromatic N) is 2. The molecule has 2 aromatic rings. The van der Waals surface area contributed by atoms with Gasteiger partial charge in [-0.1, -0.05) is 15.9 Å². The van der Waals surface area contributed by atoms with E-state index in [2.05, 4.69) is 54.2 Å². The van der Waals surface area contributed by atoms with E-state index >= 15 is 0 Å². The predicted molar refractivity (Wildman–Crippen MR) is 87.0 cm³/mol. The van der Waals surface area contributed by atoms with Gasteiger partial charge >= 0.3 is 0 Å². The minimum absolute atomic E-state index is 0.818. The Morgan fingerprint density at radius 1 is 1.10 bits per heavy atom. The van der Waals surface area contributed by atoms with Crippen LogP contribution in [0.1, 0.15) is 22.5 Å². The fraction of sp³-hybridized carbons (Fsp3) is 0.375. The molecule has 0 spiro atoms. The minimum atomic E-state index is 0.818. The number of aryl methyl sites for hydroxylation is 3. The van der Waals surface area contributed by atoms with Gasteiger partial charge in [-0.2, -0.15) is 0 Å². The Balaban J connectivity index is 2.44. The summed E-state index contributed by atoms with van der Waals surface area (Å²) in [5.41, 5.74) is 5.67. The van der Waals surface area contributed by atoms with Crippen molar-refractivity contribution in [2.45, 2.75) is 27.2 Å². The second kappa shape index (κ2) is 6.46. The van der Waals surface area contributed by atoms with Crippen molar-refractivity contribution in [3.8, 4) is 11.4 Å². The standard InChI is InChI=1S/C16H20BrN3/c1-10-9-13(17)5-6-14(10)16-19-11(2)15(7-8-18-4)12(3)20-16/h5-6,9,18H,7-8H2,1-4H3. The van der Waals surface area contributed by atoms with E-state index in [1.54, 1.807) is 0 Å². The van der Waals surface area contributed by atoms with E-state index in [-0.39, 0.29) is 0 Å². The molecule has 0 aliphatic carbocycles. The van der Waals surface area contributed by atoms with Crippen LogP contribution in [0.3, 0.4) is 0 Å². The third-order valence-electron chi connectivity index (χ3n) is 3.48. The third kappa shape index (κ3) is 3.25. The maximum Gasteiger partial charge on any atom is 0.159 e. The van der Waals surface area contributed by atoms with Crippen molar-refractivity contribution in [2.75, 3.05) is 13.6 Å². The van der Waals surface area contributed by atoms with E-state index in [4.69, 9.17) is 9.97 Å². The molecule has 0 radical (unpaired) electrons. The first kappa shape index (κ1) is 15.1. The molecule has 0 amide bonds. The van der Waals surface area contributed by atoms with Crippen LogP contribution in [0.5, 0.6) is 0 Å². The Bertz CT molecular complexity index is 600. The fourth-order valence-corrected chi connectivity index (χ4v) is 2.83. The molecule has 0 unspecified atom stereocenters. The van der Waals surface area contributed by atoms with Gasteiger partial charge in [-0.25, -0.2) is 9.97 Å². The minimum Gasteiger partial charge on any atom is -0.319 e. The summed E-state index contributed by atoms with van der Waals surface area (Å²) in [6.07, 6.45) is 0.966. The molecule has 1 aromatic carbocycles. The Morgan fingerprint density at radius 3 is 2.30 bits per heavy atom. The molecule has 3 nitrogen and oxygen atoms in total. The maximum absolute atomic E-state index is 4.69. The molecule has 0 bridgehead atoms. The van der Waals surface area contributed by atoms with Crippen molar-refractivity contribution >= 4 is 15.9 Å². The first-order valence-electron chi connectivity index (χ1n) is 6.78. The number of hydrogen-bond acceptors (Lipinski definition) is 3. The highest BCUT2D eigenvalue weighted by atomic mass is 79.9. The Labute approximate surface area is 129 Å². The van der Waals surface area contributed by atoms with Gasteiger partial charge in [0.1, 0.15) is 0 Å². The summed E-state index contributed by atoms with van der Waals surface area (Å²) in [5.74, 6) is 0.818. The quantitative estimate of drug-likeness (QED) is 0.928. The van der Waals surface area contributed by atoms with Gasteiger partial charge in [0, 0.05) is 21.4 Å². The first-order chi connectivity index (χ1) is 9.52. The molecule has 0 aliphatic heterocycles. The van der Waals surface area contributed by atoms with Crippen molar-refractivity contribution in [1.29, 1.82) is 0 Å². The van der Waals surface area contributed by atoms with Gasteiger partial charge in [0.05, 0.1) is 0 Å². The number of halogens is 1. The SMILES string of the molecule is CNCCc1c(C)nc(-c2ccc(Br)cc2C)nc1C. The van der Waals surface area contributed by atoms with E-state index in [0.29, 0.717) is 0 Å². The number of benzene rings is 1. The Kier molecular flexibility index (Phi) is 4.89. The van der Waals surface area contributed by atoms with Gasteiger partial charge in [0.15, 0.2) is 5.82 Å². The zero-order valence-corrected chi connectivity index (χ0v) is 14.0. The molecule has 1 N–H and O–H groups in total. The number of nitrogens with one attached hydrogen (secondary N) is 1. The second-order valence-corrected chi connectivity index (χ2v) is 5.93. The molecule has 106 valence electrons. The van der Waals surface area contributed by atoms with Crippen LogP contribution in [0.15, 0.2) is 22.7 Å². The molecule has 1 heterocycles. The molecule has 1 aromatic heterocycles. The molecule has 4 heteroatoms. The molecular weight excluding hydrogens is 314 g/mol. The van der Waals surface area contributed by atoms with E-state index < -0.39 is 0 Å². The van der Waals surface area contributed by atoms with Gasteiger partial charge in [-0.15, -0.1) is 0 Å². The number of aromatic nitrogens is 2. The van der Waals surface area contributed by atoms with E-state index in [0.717, 1.165) is 40.2 Å². The number of likely N-dealkylation sites (N-methyl/N-ethyl adjacent to an activating group) is 1. The van der Waals surface area contributed by atoms with Crippen LogP contribution < -0.4 is 5.32 Å². The predicted octanol–water partition coefficient (Wildman–Crippen LogP) is 3.59. The van der Waals surface area contributed by atoms with Crippen LogP contribution in [0, 0.1) is 20.8 Å². The molecule has 0 saturated carbocycles. The number of rotatable bonds is 4. The summed E-state index contributed by atoms with van der Waals surface area (Å²) in [6, 6.07) is 6.20. The largest absolute Gasteiger partial charge is 0.319 e. The van der Waals surface area contributed by atoms with Crippen LogP contribution in [-0.4, -0.2) is 23.6 Å². The van der Waals surface area contributed by atoms with Crippen molar-refractivity contribution in [2.24, 2.45) is 0 Å². The monoisotopic (exact) mass is 333 g/mol. The Morgan fingerprint density at radius 2 is 1.75 bits per heavy atom. The van der Waals surface area contributed by atoms with Crippen molar-refractivity contribution in [3.63, 3.8) is 0 Å². The molecule has 0 aliphatic rings. The third-order valence-corrected chi connectivity index (χ3v) is 3.97. The van der Waals surface area contributed by atoms with E-state index in [1.165, 1.54) is 11.1 Å². The average Bonchev–Trinajstić information content (AvgIpc) is 2.37. The lowest BCUT2D eigenvalue weighted by Gasteiger charge is -2.12. The van der Waals surface area contributed by atoms with Crippen molar-refractivity contribution in [1.82, 2.24) is 15.3 Å². The smallest absolute Gasteiger partial charge is 0.159 e. The van der Waals surface area contributed by atoms with Gasteiger partial charge in [0.2, 0.25) is 0 Å². The second-order valence-electron chi connectivity index (χ2n) is 5.01. The van der Waals surface area contributed by atoms with Gasteiger partial charge in [0.25, 0.3) is 0 Å². The highest BCUT2D eigenvalue weighted by Gasteiger charge is 2.11. The number of hydrogen-bond donors (Lipinski definition) is 1. The van der Waals surface area contributed by atoms with Gasteiger partial charge < -0.3 is 5.32 Å². The van der Waals surface area contributed by atoms with E-state index in [9.17, 15) is 0 Å². The van der Waals surface area contributed by atoms with Crippen LogP contribution in [0.25, 0.3) is 11.4 Å². The lowest BCUT2D eigenvalue weighted by Crippen LogP contribution is -2.13. The highest BCUT2D eigenvalue weighted by Crippen LogP contribution is 2.25. The average molecular weight is 334 g/mol. The zero-order chi connectivity index (χ0) is 14.7. The molecule has 2 rings (SSSR count). The molecule has 0 fully saturated rings. The van der Waals surface area contributed by atoms with Crippen LogP contribution in [0.2, 0.25) is 0 Å². The summed E-state index contributed by atoms with van der Waals surface area (Å²) >= 11 is 3.49. The van der Waals surface area contributed by atoms with Gasteiger partial charge in [-0.3, -0.25) is 0 Å². The summed E-state index contributed by atoms with van der Waals surface area (Å²) in [4.78, 5) is 9.39. The van der Waals surface area contributed by atoms with Crippen molar-refractivity contribution in [3.05, 3.63) is 45.2 Å². The summed E-state index contributed by atoms with van der Waals surface area (Å²) in [6.45, 7) is 7.17. The van der Waals surface area contributed by atoms with Crippen LogP contribution in [0.4, 0.5) is 0 Å². The van der Waals surface area contributed by atoms with Crippen LogP contribution in [-0.2, 0) is 6.42 Å². The summed E-state index contributed by atoms with van der Waals surface area (Å²) in [5, 5.41) is 3.17. The van der Waals surface area contributed by atoms with E-state index in [1.807, 2.05) is 13.1 Å². The zero-order valence-electron chi connectivity index (χ0n) is 12.4. The van der Waals surface area contributed by atoms with Crippen LogP contribution >= 0.6 is 15.9 Å².